The molecular formula is C45H50N8O4. The standard InChI is InChI=1S/C45H50N8O4/c1-26(2)41(51-45(55)56-4)44(54)52-19-7-11-37(52)43-48-25-35(50-43)30-13-15-32-38-22-31-21-29(34-24-47-42(49-34)33-10-6-18-46-33)14-16-36(31)53(38)40(57-39(32)23-30)17-12-28-9-5-8-27(3)20-28/h5,8-9,13-16,20-26,33,37,40-41,46H,6-7,10-12,17-19H2,1-4H3,(H,47,49)(H,48,50)(H,51,55)/t33-,37?,40?,41-/m0/s1. The van der Waals surface area contributed by atoms with Crippen molar-refractivity contribution < 1.29 is 19.1 Å². The summed E-state index contributed by atoms with van der Waals surface area (Å²) in [7, 11) is 1.30. The summed E-state index contributed by atoms with van der Waals surface area (Å²) < 4.78 is 14.1. The molecule has 12 nitrogen and oxygen atoms in total. The number of rotatable bonds is 10. The smallest absolute Gasteiger partial charge is 0.407 e. The molecule has 6 heterocycles. The molecule has 3 aromatic carbocycles. The van der Waals surface area contributed by atoms with Crippen LogP contribution in [-0.2, 0) is 16.0 Å². The Labute approximate surface area is 332 Å². The van der Waals surface area contributed by atoms with Gasteiger partial charge in [-0.15, -0.1) is 0 Å². The minimum Gasteiger partial charge on any atom is -0.469 e. The van der Waals surface area contributed by atoms with Gasteiger partial charge < -0.3 is 39.5 Å². The minimum absolute atomic E-state index is 0.106. The quantitative estimate of drug-likeness (QED) is 0.110. The third kappa shape index (κ3) is 7.07. The SMILES string of the molecule is COC(=O)N[C@H](C(=O)N1CCCC1c1ncc(-c2ccc3c(c2)OC(CCc2cccc(C)c2)n2c-3cc3cc(-c4cnc([C@@H]5CCCN5)[nH]4)ccc32)[nH]1)C(C)C. The highest BCUT2D eigenvalue weighted by Crippen LogP contribution is 2.45. The average molecular weight is 767 g/mol. The Kier molecular flexibility index (Phi) is 9.81. The van der Waals surface area contributed by atoms with Crippen LogP contribution in [0.3, 0.4) is 0 Å². The van der Waals surface area contributed by atoms with Gasteiger partial charge in [0, 0.05) is 35.0 Å². The topological polar surface area (TPSA) is 142 Å². The molecule has 0 radical (unpaired) electrons. The van der Waals surface area contributed by atoms with Gasteiger partial charge in [0.1, 0.15) is 23.4 Å². The zero-order chi connectivity index (χ0) is 39.2. The molecule has 0 aliphatic carbocycles. The largest absolute Gasteiger partial charge is 0.469 e. The van der Waals surface area contributed by atoms with Crippen molar-refractivity contribution in [1.82, 2.24) is 40.0 Å². The molecule has 2 saturated heterocycles. The van der Waals surface area contributed by atoms with Gasteiger partial charge in [-0.1, -0.05) is 55.8 Å². The second kappa shape index (κ2) is 15.2. The van der Waals surface area contributed by atoms with Crippen molar-refractivity contribution in [3.63, 3.8) is 0 Å². The molecular weight excluding hydrogens is 717 g/mol. The maximum Gasteiger partial charge on any atom is 0.407 e. The maximum absolute atomic E-state index is 13.7. The molecule has 0 spiro atoms. The number of alkyl carbamates (subject to hydrolysis) is 1. The highest BCUT2D eigenvalue weighted by molar-refractivity contribution is 5.92. The number of aryl methyl sites for hydroxylation is 2. The van der Waals surface area contributed by atoms with Crippen molar-refractivity contribution in [2.45, 2.75) is 83.6 Å². The molecule has 6 aromatic rings. The molecule has 294 valence electrons. The molecule has 4 atom stereocenters. The molecule has 3 aliphatic rings. The van der Waals surface area contributed by atoms with Crippen molar-refractivity contribution in [3.8, 4) is 39.5 Å². The monoisotopic (exact) mass is 766 g/mol. The molecule has 57 heavy (non-hydrogen) atoms. The number of hydrogen-bond donors (Lipinski definition) is 4. The number of benzene rings is 3. The van der Waals surface area contributed by atoms with E-state index in [0.29, 0.717) is 6.54 Å². The number of H-pyrrole nitrogens is 2. The van der Waals surface area contributed by atoms with E-state index in [4.69, 9.17) is 19.4 Å². The van der Waals surface area contributed by atoms with Crippen LogP contribution in [0.1, 0.15) is 87.0 Å². The van der Waals surface area contributed by atoms with E-state index in [1.165, 1.54) is 24.7 Å². The van der Waals surface area contributed by atoms with Gasteiger partial charge in [0.05, 0.1) is 54.2 Å². The molecule has 3 aliphatic heterocycles. The summed E-state index contributed by atoms with van der Waals surface area (Å²) in [4.78, 5) is 44.3. The second-order valence-corrected chi connectivity index (χ2v) is 16.0. The second-order valence-electron chi connectivity index (χ2n) is 16.0. The lowest BCUT2D eigenvalue weighted by Gasteiger charge is -2.30. The molecule has 2 fully saturated rings. The summed E-state index contributed by atoms with van der Waals surface area (Å²) in [6.45, 7) is 7.59. The number of aromatic nitrogens is 5. The number of fused-ring (bicyclic) bond motifs is 5. The molecule has 9 rings (SSSR count). The van der Waals surface area contributed by atoms with Gasteiger partial charge in [0.25, 0.3) is 0 Å². The Hall–Kier alpha value is -5.88. The Morgan fingerprint density at radius 1 is 0.947 bits per heavy atom. The highest BCUT2D eigenvalue weighted by atomic mass is 16.5. The zero-order valence-corrected chi connectivity index (χ0v) is 33.0. The fraction of sp³-hybridized carbons (Fsp3) is 0.378. The van der Waals surface area contributed by atoms with E-state index in [-0.39, 0.29) is 30.1 Å². The number of carbonyl (C=O) groups is 2. The van der Waals surface area contributed by atoms with Crippen LogP contribution in [-0.4, -0.2) is 67.6 Å². The van der Waals surface area contributed by atoms with Crippen LogP contribution in [0.5, 0.6) is 5.75 Å². The van der Waals surface area contributed by atoms with E-state index >= 15 is 0 Å². The first-order valence-corrected chi connectivity index (χ1v) is 20.2. The summed E-state index contributed by atoms with van der Waals surface area (Å²) in [5.74, 6) is 2.31. The van der Waals surface area contributed by atoms with Crippen LogP contribution in [0.25, 0.3) is 44.7 Å². The fourth-order valence-electron chi connectivity index (χ4n) is 8.89. The third-order valence-electron chi connectivity index (χ3n) is 11.9. The Balaban J connectivity index is 1.02. The predicted octanol–water partition coefficient (Wildman–Crippen LogP) is 8.39. The first kappa shape index (κ1) is 36.7. The van der Waals surface area contributed by atoms with E-state index in [1.54, 1.807) is 0 Å². The number of amides is 2. The summed E-state index contributed by atoms with van der Waals surface area (Å²) >= 11 is 0. The van der Waals surface area contributed by atoms with E-state index in [0.717, 1.165) is 101 Å². The minimum atomic E-state index is -0.691. The number of ether oxygens (including phenoxy) is 2. The average Bonchev–Trinajstić information content (AvgIpc) is 4.07. The van der Waals surface area contributed by atoms with Gasteiger partial charge in [-0.2, -0.15) is 0 Å². The number of methoxy groups -OCH3 is 1. The van der Waals surface area contributed by atoms with E-state index < -0.39 is 12.1 Å². The van der Waals surface area contributed by atoms with Crippen LogP contribution in [0.2, 0.25) is 0 Å². The van der Waals surface area contributed by atoms with Crippen molar-refractivity contribution >= 4 is 22.9 Å². The lowest BCUT2D eigenvalue weighted by molar-refractivity contribution is -0.135. The number of imidazole rings is 2. The molecule has 3 aromatic heterocycles. The van der Waals surface area contributed by atoms with Gasteiger partial charge in [0.2, 0.25) is 5.91 Å². The van der Waals surface area contributed by atoms with Crippen LogP contribution >= 0.6 is 0 Å². The van der Waals surface area contributed by atoms with Crippen LogP contribution in [0, 0.1) is 12.8 Å². The molecule has 0 saturated carbocycles. The normalized spacial score (nSPS) is 19.4. The molecule has 12 heteroatoms. The Bertz CT molecular complexity index is 2440. The van der Waals surface area contributed by atoms with Gasteiger partial charge in [-0.25, -0.2) is 14.8 Å². The Morgan fingerprint density at radius 3 is 2.51 bits per heavy atom. The van der Waals surface area contributed by atoms with E-state index in [1.807, 2.05) is 31.1 Å². The lowest BCUT2D eigenvalue weighted by Crippen LogP contribution is -2.51. The van der Waals surface area contributed by atoms with Crippen LogP contribution < -0.4 is 15.4 Å². The first-order valence-electron chi connectivity index (χ1n) is 20.2. The van der Waals surface area contributed by atoms with Gasteiger partial charge >= 0.3 is 6.09 Å². The number of nitrogens with one attached hydrogen (secondary N) is 4. The number of nitrogens with zero attached hydrogens (tertiary/aromatic N) is 4. The van der Waals surface area contributed by atoms with Gasteiger partial charge in [0.15, 0.2) is 6.23 Å². The van der Waals surface area contributed by atoms with Crippen molar-refractivity contribution in [2.75, 3.05) is 20.2 Å². The molecule has 2 amide bonds. The molecule has 0 bridgehead atoms. The first-order chi connectivity index (χ1) is 27.7. The van der Waals surface area contributed by atoms with Crippen LogP contribution in [0.4, 0.5) is 4.79 Å². The van der Waals surface area contributed by atoms with Gasteiger partial charge in [-0.05, 0) is 87.4 Å². The molecule has 2 unspecified atom stereocenters. The summed E-state index contributed by atoms with van der Waals surface area (Å²) in [6.07, 6.45) is 8.52. The maximum atomic E-state index is 13.7. The predicted molar refractivity (Wildman–Crippen MR) is 220 cm³/mol. The lowest BCUT2D eigenvalue weighted by atomic mass is 10.0. The summed E-state index contributed by atoms with van der Waals surface area (Å²) in [6, 6.07) is 23.4. The van der Waals surface area contributed by atoms with Crippen LogP contribution in [0.15, 0.2) is 79.1 Å². The summed E-state index contributed by atoms with van der Waals surface area (Å²) in [5.41, 5.74) is 9.74. The Morgan fingerprint density at radius 2 is 1.74 bits per heavy atom. The number of aromatic amines is 2. The van der Waals surface area contributed by atoms with E-state index in [2.05, 4.69) is 98.8 Å². The number of carbonyl (C=O) groups excluding carboxylic acids is 2. The van der Waals surface area contributed by atoms with Crippen molar-refractivity contribution in [2.24, 2.45) is 5.92 Å². The number of likely N-dealkylation sites (tertiary alicyclic amines) is 1. The summed E-state index contributed by atoms with van der Waals surface area (Å²) in [5, 5.41) is 7.42. The zero-order valence-electron chi connectivity index (χ0n) is 33.0. The van der Waals surface area contributed by atoms with E-state index in [9.17, 15) is 9.59 Å². The van der Waals surface area contributed by atoms with Crippen molar-refractivity contribution in [3.05, 3.63) is 102 Å². The fourth-order valence-corrected chi connectivity index (χ4v) is 8.89. The van der Waals surface area contributed by atoms with Gasteiger partial charge in [-0.3, -0.25) is 4.79 Å². The third-order valence-corrected chi connectivity index (χ3v) is 11.9. The van der Waals surface area contributed by atoms with Crippen molar-refractivity contribution in [1.29, 1.82) is 0 Å². The molecule has 4 N–H and O–H groups in total. The number of hydrogen-bond acceptors (Lipinski definition) is 7. The highest BCUT2D eigenvalue weighted by Gasteiger charge is 2.38.